The molecule has 1 aliphatic heterocycles. The Balaban J connectivity index is 1.75. The Bertz CT molecular complexity index is 895. The lowest BCUT2D eigenvalue weighted by Gasteiger charge is -2.24. The zero-order valence-electron chi connectivity index (χ0n) is 14.6. The van der Waals surface area contributed by atoms with E-state index in [1.54, 1.807) is 17.0 Å². The molecule has 1 aromatic carbocycles. The van der Waals surface area contributed by atoms with E-state index >= 15 is 0 Å². The van der Waals surface area contributed by atoms with Crippen molar-refractivity contribution in [2.75, 3.05) is 18.1 Å². The summed E-state index contributed by atoms with van der Waals surface area (Å²) in [5.41, 5.74) is 2.02. The van der Waals surface area contributed by atoms with Crippen LogP contribution in [-0.2, 0) is 16.4 Å². The largest absolute Gasteiger partial charge is 0.333 e. The predicted molar refractivity (Wildman–Crippen MR) is 101 cm³/mol. The maximum atomic E-state index is 12.9. The Morgan fingerprint density at radius 3 is 2.77 bits per heavy atom. The number of nitrogens with one attached hydrogen (secondary N) is 1. The smallest absolute Gasteiger partial charge is 0.274 e. The van der Waals surface area contributed by atoms with E-state index in [0.29, 0.717) is 36.6 Å². The van der Waals surface area contributed by atoms with Crippen molar-refractivity contribution in [1.29, 1.82) is 0 Å². The van der Waals surface area contributed by atoms with Gasteiger partial charge in [0, 0.05) is 23.8 Å². The van der Waals surface area contributed by atoms with Gasteiger partial charge in [-0.3, -0.25) is 9.89 Å². The number of aromatic nitrogens is 2. The number of aromatic amines is 1. The normalized spacial score (nSPS) is 18.8. The van der Waals surface area contributed by atoms with Gasteiger partial charge < -0.3 is 4.90 Å². The number of benzene rings is 1. The first-order valence-electron chi connectivity index (χ1n) is 8.59. The van der Waals surface area contributed by atoms with E-state index in [1.807, 2.05) is 25.1 Å². The number of rotatable bonds is 6. The molecule has 26 heavy (non-hydrogen) atoms. The van der Waals surface area contributed by atoms with Crippen LogP contribution in [0.25, 0.3) is 0 Å². The van der Waals surface area contributed by atoms with Gasteiger partial charge in [-0.25, -0.2) is 8.42 Å². The van der Waals surface area contributed by atoms with E-state index in [2.05, 4.69) is 10.2 Å². The van der Waals surface area contributed by atoms with E-state index in [4.69, 9.17) is 11.6 Å². The maximum absolute atomic E-state index is 12.9. The Labute approximate surface area is 158 Å². The highest BCUT2D eigenvalue weighted by atomic mass is 35.5. The van der Waals surface area contributed by atoms with Crippen molar-refractivity contribution in [3.8, 4) is 0 Å². The molecule has 1 fully saturated rings. The van der Waals surface area contributed by atoms with Crippen molar-refractivity contribution < 1.29 is 13.2 Å². The summed E-state index contributed by atoms with van der Waals surface area (Å²) in [6.07, 6.45) is 1.32. The molecule has 2 heterocycles. The molecule has 1 aliphatic rings. The van der Waals surface area contributed by atoms with Crippen LogP contribution in [0.1, 0.15) is 34.6 Å². The number of halogens is 1. The fraction of sp³-hybridized carbons (Fsp3) is 0.444. The molecule has 1 saturated heterocycles. The fourth-order valence-electron chi connectivity index (χ4n) is 3.21. The van der Waals surface area contributed by atoms with E-state index in [-0.39, 0.29) is 23.3 Å². The van der Waals surface area contributed by atoms with Gasteiger partial charge in [-0.15, -0.1) is 0 Å². The number of hydrogen-bond acceptors (Lipinski definition) is 4. The van der Waals surface area contributed by atoms with Crippen LogP contribution in [0.5, 0.6) is 0 Å². The summed E-state index contributed by atoms with van der Waals surface area (Å²) in [6.45, 7) is 2.67. The van der Waals surface area contributed by atoms with Crippen molar-refractivity contribution >= 4 is 27.3 Å². The number of H-pyrrole nitrogens is 1. The van der Waals surface area contributed by atoms with E-state index in [9.17, 15) is 13.2 Å². The monoisotopic (exact) mass is 395 g/mol. The van der Waals surface area contributed by atoms with Crippen LogP contribution in [0, 0.1) is 12.8 Å². The van der Waals surface area contributed by atoms with Gasteiger partial charge in [-0.1, -0.05) is 29.8 Å². The van der Waals surface area contributed by atoms with Crippen molar-refractivity contribution in [1.82, 2.24) is 15.1 Å². The minimum atomic E-state index is -2.92. The number of nitrogens with zero attached hydrogens (tertiary/aromatic N) is 2. The third-order valence-electron chi connectivity index (χ3n) is 4.67. The van der Waals surface area contributed by atoms with Crippen LogP contribution in [0.3, 0.4) is 0 Å². The topological polar surface area (TPSA) is 83.1 Å². The SMILES string of the molecule is Cc1cc(C(=O)N(CCC2CCS(=O)(=O)C2)Cc2ccccc2Cl)n[nH]1. The number of carbonyl (C=O) groups is 1. The van der Waals surface area contributed by atoms with Crippen molar-refractivity contribution in [3.63, 3.8) is 0 Å². The Morgan fingerprint density at radius 2 is 2.15 bits per heavy atom. The summed E-state index contributed by atoms with van der Waals surface area (Å²) in [4.78, 5) is 14.6. The highest BCUT2D eigenvalue weighted by molar-refractivity contribution is 7.91. The minimum absolute atomic E-state index is 0.0995. The quantitative estimate of drug-likeness (QED) is 0.815. The van der Waals surface area contributed by atoms with Gasteiger partial charge in [-0.05, 0) is 43.4 Å². The van der Waals surface area contributed by atoms with Gasteiger partial charge in [-0.2, -0.15) is 5.10 Å². The van der Waals surface area contributed by atoms with Gasteiger partial charge in [0.1, 0.15) is 5.69 Å². The molecule has 0 spiro atoms. The molecular formula is C18H22ClN3O3S. The second-order valence-corrected chi connectivity index (χ2v) is 9.45. The van der Waals surface area contributed by atoms with Crippen molar-refractivity contribution in [3.05, 3.63) is 52.3 Å². The van der Waals surface area contributed by atoms with E-state index < -0.39 is 9.84 Å². The molecule has 0 saturated carbocycles. The van der Waals surface area contributed by atoms with Crippen LogP contribution in [-0.4, -0.2) is 47.5 Å². The van der Waals surface area contributed by atoms with E-state index in [1.165, 1.54) is 0 Å². The number of hydrogen-bond donors (Lipinski definition) is 1. The van der Waals surface area contributed by atoms with Crippen molar-refractivity contribution in [2.24, 2.45) is 5.92 Å². The van der Waals surface area contributed by atoms with E-state index in [0.717, 1.165) is 11.3 Å². The second-order valence-electron chi connectivity index (χ2n) is 6.81. The lowest BCUT2D eigenvalue weighted by molar-refractivity contribution is 0.0728. The molecule has 3 rings (SSSR count). The molecule has 8 heteroatoms. The summed E-state index contributed by atoms with van der Waals surface area (Å²) in [5, 5.41) is 7.45. The molecule has 1 aromatic heterocycles. The first-order chi connectivity index (χ1) is 12.3. The molecule has 140 valence electrons. The molecule has 6 nitrogen and oxygen atoms in total. The lowest BCUT2D eigenvalue weighted by Crippen LogP contribution is -2.33. The standard InChI is InChI=1S/C18H22ClN3O3S/c1-13-10-17(21-20-13)18(23)22(11-15-4-2-3-5-16(15)19)8-6-14-7-9-26(24,25)12-14/h2-5,10,14H,6-9,11-12H2,1H3,(H,20,21). The zero-order chi connectivity index (χ0) is 18.7. The summed E-state index contributed by atoms with van der Waals surface area (Å²) in [6, 6.07) is 9.12. The van der Waals surface area contributed by atoms with Gasteiger partial charge >= 0.3 is 0 Å². The number of amides is 1. The van der Waals surface area contributed by atoms with Gasteiger partial charge in [0.05, 0.1) is 11.5 Å². The number of aryl methyl sites for hydroxylation is 1. The molecular weight excluding hydrogens is 374 g/mol. The Morgan fingerprint density at radius 1 is 1.38 bits per heavy atom. The zero-order valence-corrected chi connectivity index (χ0v) is 16.2. The molecule has 1 atom stereocenters. The van der Waals surface area contributed by atoms with Crippen LogP contribution >= 0.6 is 11.6 Å². The molecule has 2 aromatic rings. The summed E-state index contributed by atoms with van der Waals surface area (Å²) in [7, 11) is -2.92. The third-order valence-corrected chi connectivity index (χ3v) is 6.87. The van der Waals surface area contributed by atoms with Crippen LogP contribution in [0.15, 0.2) is 30.3 Å². The molecule has 1 N–H and O–H groups in total. The van der Waals surface area contributed by atoms with Crippen molar-refractivity contribution in [2.45, 2.75) is 26.3 Å². The summed E-state index contributed by atoms with van der Waals surface area (Å²) < 4.78 is 23.3. The third kappa shape index (κ3) is 4.65. The summed E-state index contributed by atoms with van der Waals surface area (Å²) in [5.74, 6) is 0.370. The van der Waals surface area contributed by atoms with Gasteiger partial charge in [0.25, 0.3) is 5.91 Å². The molecule has 1 unspecified atom stereocenters. The highest BCUT2D eigenvalue weighted by Gasteiger charge is 2.29. The maximum Gasteiger partial charge on any atom is 0.274 e. The predicted octanol–water partition coefficient (Wildman–Crippen LogP) is 2.84. The highest BCUT2D eigenvalue weighted by Crippen LogP contribution is 2.24. The fourth-order valence-corrected chi connectivity index (χ4v) is 5.32. The van der Waals surface area contributed by atoms with Crippen LogP contribution in [0.2, 0.25) is 5.02 Å². The average molecular weight is 396 g/mol. The minimum Gasteiger partial charge on any atom is -0.333 e. The molecule has 0 aliphatic carbocycles. The first-order valence-corrected chi connectivity index (χ1v) is 10.8. The summed E-state index contributed by atoms with van der Waals surface area (Å²) >= 11 is 6.25. The van der Waals surface area contributed by atoms with Crippen LogP contribution < -0.4 is 0 Å². The molecule has 0 radical (unpaired) electrons. The molecule has 0 bridgehead atoms. The van der Waals surface area contributed by atoms with Crippen LogP contribution in [0.4, 0.5) is 0 Å². The number of sulfone groups is 1. The van der Waals surface area contributed by atoms with Gasteiger partial charge in [0.15, 0.2) is 9.84 Å². The Hall–Kier alpha value is -1.86. The average Bonchev–Trinajstić information content (AvgIpc) is 3.17. The Kier molecular flexibility index (Phi) is 5.67. The second kappa shape index (κ2) is 7.80. The first kappa shape index (κ1) is 18.9. The lowest BCUT2D eigenvalue weighted by atomic mass is 10.0. The molecule has 1 amide bonds. The van der Waals surface area contributed by atoms with Gasteiger partial charge in [0.2, 0.25) is 0 Å². The number of carbonyl (C=O) groups excluding carboxylic acids is 1.